The van der Waals surface area contributed by atoms with Crippen LogP contribution in [0.4, 0.5) is 0 Å². The standard InChI is InChI=1S/C11H18N2O2/c1-6-8-7(2)12-11(13-8,9(14)15)10(3,4)5/h6H2,1-5H3,(H,14,15). The van der Waals surface area contributed by atoms with E-state index < -0.39 is 17.0 Å². The highest BCUT2D eigenvalue weighted by molar-refractivity contribution is 6.43. The Morgan fingerprint density at radius 3 is 2.13 bits per heavy atom. The van der Waals surface area contributed by atoms with E-state index in [0.717, 1.165) is 17.8 Å². The lowest BCUT2D eigenvalue weighted by molar-refractivity contribution is -0.146. The van der Waals surface area contributed by atoms with Gasteiger partial charge in [0.15, 0.2) is 0 Å². The molecule has 0 saturated carbocycles. The monoisotopic (exact) mass is 210 g/mol. The van der Waals surface area contributed by atoms with Crippen LogP contribution >= 0.6 is 0 Å². The van der Waals surface area contributed by atoms with Crippen molar-refractivity contribution in [1.29, 1.82) is 0 Å². The van der Waals surface area contributed by atoms with E-state index in [4.69, 9.17) is 0 Å². The molecule has 0 amide bonds. The fourth-order valence-electron chi connectivity index (χ4n) is 1.70. The van der Waals surface area contributed by atoms with E-state index in [2.05, 4.69) is 9.98 Å². The zero-order chi connectivity index (χ0) is 11.9. The van der Waals surface area contributed by atoms with Crippen molar-refractivity contribution in [3.63, 3.8) is 0 Å². The SMILES string of the molecule is CCC1=NC(C(=O)O)(C(C)(C)C)N=C1C. The molecule has 0 spiro atoms. The van der Waals surface area contributed by atoms with Crippen LogP contribution in [0.3, 0.4) is 0 Å². The zero-order valence-electron chi connectivity index (χ0n) is 9.96. The van der Waals surface area contributed by atoms with Gasteiger partial charge in [-0.1, -0.05) is 27.7 Å². The van der Waals surface area contributed by atoms with Crippen molar-refractivity contribution in [1.82, 2.24) is 0 Å². The van der Waals surface area contributed by atoms with Gasteiger partial charge in [0.05, 0.1) is 11.4 Å². The van der Waals surface area contributed by atoms with Gasteiger partial charge < -0.3 is 5.11 Å². The highest BCUT2D eigenvalue weighted by atomic mass is 16.4. The summed E-state index contributed by atoms with van der Waals surface area (Å²) in [4.78, 5) is 19.9. The summed E-state index contributed by atoms with van der Waals surface area (Å²) >= 11 is 0. The third-order valence-corrected chi connectivity index (χ3v) is 2.72. The van der Waals surface area contributed by atoms with Crippen LogP contribution in [0.2, 0.25) is 0 Å². The molecule has 1 heterocycles. The molecule has 1 N–H and O–H groups in total. The Morgan fingerprint density at radius 2 is 1.93 bits per heavy atom. The summed E-state index contributed by atoms with van der Waals surface area (Å²) in [5.41, 5.74) is -0.304. The van der Waals surface area contributed by atoms with E-state index in [1.807, 2.05) is 34.6 Å². The third-order valence-electron chi connectivity index (χ3n) is 2.72. The van der Waals surface area contributed by atoms with Gasteiger partial charge in [-0.15, -0.1) is 0 Å². The molecule has 15 heavy (non-hydrogen) atoms. The molecular weight excluding hydrogens is 192 g/mol. The molecule has 84 valence electrons. The second-order valence-electron chi connectivity index (χ2n) is 4.84. The average molecular weight is 210 g/mol. The molecule has 0 aromatic carbocycles. The Labute approximate surface area is 90.1 Å². The van der Waals surface area contributed by atoms with Crippen molar-refractivity contribution < 1.29 is 9.90 Å². The van der Waals surface area contributed by atoms with Gasteiger partial charge in [0.1, 0.15) is 0 Å². The molecule has 1 aliphatic heterocycles. The number of nitrogens with zero attached hydrogens (tertiary/aromatic N) is 2. The number of carboxylic acid groups (broad SMARTS) is 1. The first-order chi connectivity index (χ1) is 6.74. The Morgan fingerprint density at radius 1 is 1.40 bits per heavy atom. The Balaban J connectivity index is 3.32. The van der Waals surface area contributed by atoms with Crippen LogP contribution in [0.1, 0.15) is 41.0 Å². The number of rotatable bonds is 2. The summed E-state index contributed by atoms with van der Waals surface area (Å²) in [5, 5.41) is 9.32. The molecule has 0 aromatic heterocycles. The van der Waals surface area contributed by atoms with Gasteiger partial charge in [0, 0.05) is 5.41 Å². The molecule has 0 bridgehead atoms. The number of aliphatic imine (C=N–C) groups is 2. The van der Waals surface area contributed by atoms with Crippen LogP contribution in [0.5, 0.6) is 0 Å². The Bertz CT molecular complexity index is 350. The van der Waals surface area contributed by atoms with Crippen LogP contribution in [0.15, 0.2) is 9.98 Å². The second kappa shape index (κ2) is 3.43. The largest absolute Gasteiger partial charge is 0.478 e. The number of carboxylic acids is 1. The summed E-state index contributed by atoms with van der Waals surface area (Å²) < 4.78 is 0. The molecule has 1 rings (SSSR count). The van der Waals surface area contributed by atoms with Crippen molar-refractivity contribution >= 4 is 17.4 Å². The maximum absolute atomic E-state index is 11.4. The lowest BCUT2D eigenvalue weighted by atomic mass is 9.81. The predicted molar refractivity (Wildman–Crippen MR) is 60.7 cm³/mol. The molecule has 0 aliphatic carbocycles. The van der Waals surface area contributed by atoms with Gasteiger partial charge in [-0.2, -0.15) is 0 Å². The van der Waals surface area contributed by atoms with Crippen molar-refractivity contribution in [2.75, 3.05) is 0 Å². The number of aliphatic carboxylic acids is 1. The van der Waals surface area contributed by atoms with E-state index in [0.29, 0.717) is 0 Å². The quantitative estimate of drug-likeness (QED) is 0.759. The molecule has 1 aliphatic rings. The molecule has 0 radical (unpaired) electrons. The molecule has 0 aromatic rings. The van der Waals surface area contributed by atoms with Gasteiger partial charge >= 0.3 is 5.97 Å². The van der Waals surface area contributed by atoms with Crippen molar-refractivity contribution in [3.8, 4) is 0 Å². The molecule has 1 unspecified atom stereocenters. The fourth-order valence-corrected chi connectivity index (χ4v) is 1.70. The first-order valence-electron chi connectivity index (χ1n) is 5.13. The lowest BCUT2D eigenvalue weighted by Gasteiger charge is -2.32. The summed E-state index contributed by atoms with van der Waals surface area (Å²) in [6.07, 6.45) is 0.723. The van der Waals surface area contributed by atoms with Gasteiger partial charge in [0.2, 0.25) is 0 Å². The van der Waals surface area contributed by atoms with Crippen LogP contribution < -0.4 is 0 Å². The normalized spacial score (nSPS) is 26.2. The van der Waals surface area contributed by atoms with E-state index in [-0.39, 0.29) is 0 Å². The first-order valence-corrected chi connectivity index (χ1v) is 5.13. The van der Waals surface area contributed by atoms with Gasteiger partial charge in [-0.25, -0.2) is 14.8 Å². The third kappa shape index (κ3) is 1.68. The number of carbonyl (C=O) groups is 1. The van der Waals surface area contributed by atoms with Crippen LogP contribution in [0, 0.1) is 5.41 Å². The average Bonchev–Trinajstić information content (AvgIpc) is 2.42. The molecule has 0 fully saturated rings. The topological polar surface area (TPSA) is 62.0 Å². The molecule has 4 nitrogen and oxygen atoms in total. The minimum atomic E-state index is -1.33. The molecule has 0 saturated heterocycles. The van der Waals surface area contributed by atoms with Crippen molar-refractivity contribution in [3.05, 3.63) is 0 Å². The van der Waals surface area contributed by atoms with Gasteiger partial charge in [-0.05, 0) is 13.3 Å². The molecule has 4 heteroatoms. The lowest BCUT2D eigenvalue weighted by Crippen LogP contribution is -2.45. The minimum Gasteiger partial charge on any atom is -0.478 e. The summed E-state index contributed by atoms with van der Waals surface area (Å²) in [7, 11) is 0. The number of hydrogen-bond donors (Lipinski definition) is 1. The smallest absolute Gasteiger partial charge is 0.354 e. The summed E-state index contributed by atoms with van der Waals surface area (Å²) in [6.45, 7) is 9.32. The van der Waals surface area contributed by atoms with Crippen molar-refractivity contribution in [2.45, 2.75) is 46.7 Å². The predicted octanol–water partition coefficient (Wildman–Crippen LogP) is 2.14. The zero-order valence-corrected chi connectivity index (χ0v) is 9.96. The summed E-state index contributed by atoms with van der Waals surface area (Å²) in [5.74, 6) is -0.974. The van der Waals surface area contributed by atoms with Crippen LogP contribution in [-0.4, -0.2) is 28.2 Å². The second-order valence-corrected chi connectivity index (χ2v) is 4.84. The van der Waals surface area contributed by atoms with Crippen LogP contribution in [-0.2, 0) is 4.79 Å². The van der Waals surface area contributed by atoms with Gasteiger partial charge in [-0.3, -0.25) is 0 Å². The minimum absolute atomic E-state index is 0.517. The highest BCUT2D eigenvalue weighted by Gasteiger charge is 2.51. The van der Waals surface area contributed by atoms with E-state index in [9.17, 15) is 9.90 Å². The highest BCUT2D eigenvalue weighted by Crippen LogP contribution is 2.39. The Hall–Kier alpha value is -1.19. The maximum Gasteiger partial charge on any atom is 0.354 e. The summed E-state index contributed by atoms with van der Waals surface area (Å²) in [6, 6.07) is 0. The maximum atomic E-state index is 11.4. The van der Waals surface area contributed by atoms with E-state index in [1.54, 1.807) is 0 Å². The van der Waals surface area contributed by atoms with Crippen molar-refractivity contribution in [2.24, 2.45) is 15.4 Å². The van der Waals surface area contributed by atoms with E-state index >= 15 is 0 Å². The fraction of sp³-hybridized carbons (Fsp3) is 0.727. The first kappa shape index (κ1) is 11.9. The van der Waals surface area contributed by atoms with E-state index in [1.165, 1.54) is 0 Å². The number of hydrogen-bond acceptors (Lipinski definition) is 3. The van der Waals surface area contributed by atoms with Gasteiger partial charge in [0.25, 0.3) is 5.66 Å². The molecule has 1 atom stereocenters. The van der Waals surface area contributed by atoms with Crippen LogP contribution in [0.25, 0.3) is 0 Å². The molecular formula is C11H18N2O2. The Kier molecular flexibility index (Phi) is 2.72.